The van der Waals surface area contributed by atoms with E-state index in [1.165, 1.54) is 26.2 Å². The number of aryl methyl sites for hydroxylation is 1. The smallest absolute Gasteiger partial charge is 0.339 e. The standard InChI is InChI=1S/C17H18N2O8/c1-4-26-15-7-13(19(23)24)12(6-14(15)25-3)16(20)18-8-10-5-11(17(21)22)9(2)27-10/h5-7H,4,8H2,1-3H3,(H,18,20)(H,21,22). The van der Waals surface area contributed by atoms with Crippen LogP contribution in [-0.4, -0.2) is 35.6 Å². The minimum Gasteiger partial charge on any atom is -0.493 e. The molecular formula is C17H18N2O8. The van der Waals surface area contributed by atoms with Crippen LogP contribution in [0.1, 0.15) is 39.2 Å². The number of nitrogens with one attached hydrogen (secondary N) is 1. The zero-order valence-corrected chi connectivity index (χ0v) is 14.9. The van der Waals surface area contributed by atoms with Crippen LogP contribution in [0.5, 0.6) is 11.5 Å². The van der Waals surface area contributed by atoms with Gasteiger partial charge in [0.2, 0.25) is 0 Å². The first kappa shape index (κ1) is 19.8. The lowest BCUT2D eigenvalue weighted by Crippen LogP contribution is -2.23. The zero-order valence-electron chi connectivity index (χ0n) is 14.9. The molecule has 0 fully saturated rings. The number of rotatable bonds is 8. The molecular weight excluding hydrogens is 360 g/mol. The van der Waals surface area contributed by atoms with Crippen LogP contribution < -0.4 is 14.8 Å². The highest BCUT2D eigenvalue weighted by Gasteiger charge is 2.25. The van der Waals surface area contributed by atoms with Crippen LogP contribution in [0.4, 0.5) is 5.69 Å². The Labute approximate surface area is 153 Å². The van der Waals surface area contributed by atoms with Crippen LogP contribution in [0.25, 0.3) is 0 Å². The summed E-state index contributed by atoms with van der Waals surface area (Å²) in [6.07, 6.45) is 0. The van der Waals surface area contributed by atoms with Gasteiger partial charge >= 0.3 is 5.97 Å². The van der Waals surface area contributed by atoms with E-state index in [-0.39, 0.29) is 47.3 Å². The first-order valence-electron chi connectivity index (χ1n) is 7.88. The van der Waals surface area contributed by atoms with Crippen LogP contribution in [0.2, 0.25) is 0 Å². The lowest BCUT2D eigenvalue weighted by Gasteiger charge is -2.11. The molecule has 1 aromatic heterocycles. The maximum atomic E-state index is 12.4. The number of ether oxygens (including phenoxy) is 2. The molecule has 1 amide bonds. The molecule has 1 heterocycles. The Morgan fingerprint density at radius 3 is 2.48 bits per heavy atom. The number of hydrogen-bond donors (Lipinski definition) is 2. The molecule has 27 heavy (non-hydrogen) atoms. The van der Waals surface area contributed by atoms with Crippen molar-refractivity contribution in [3.05, 3.63) is 51.0 Å². The average molecular weight is 378 g/mol. The molecule has 0 spiro atoms. The fraction of sp³-hybridized carbons (Fsp3) is 0.294. The highest BCUT2D eigenvalue weighted by atomic mass is 16.6. The molecule has 0 saturated heterocycles. The van der Waals surface area contributed by atoms with Crippen LogP contribution in [-0.2, 0) is 6.54 Å². The first-order valence-corrected chi connectivity index (χ1v) is 7.88. The molecule has 0 atom stereocenters. The quantitative estimate of drug-likeness (QED) is 0.527. The fourth-order valence-electron chi connectivity index (χ4n) is 2.42. The molecule has 10 heteroatoms. The summed E-state index contributed by atoms with van der Waals surface area (Å²) < 4.78 is 15.7. The molecule has 0 radical (unpaired) electrons. The van der Waals surface area contributed by atoms with Crippen molar-refractivity contribution in [1.82, 2.24) is 5.32 Å². The normalized spacial score (nSPS) is 10.3. The Morgan fingerprint density at radius 1 is 1.26 bits per heavy atom. The van der Waals surface area contributed by atoms with Crippen molar-refractivity contribution in [2.24, 2.45) is 0 Å². The van der Waals surface area contributed by atoms with Crippen LogP contribution in [0.3, 0.4) is 0 Å². The Balaban J connectivity index is 2.28. The number of aromatic carboxylic acids is 1. The maximum absolute atomic E-state index is 12.4. The van der Waals surface area contributed by atoms with Gasteiger partial charge in [0.1, 0.15) is 22.6 Å². The van der Waals surface area contributed by atoms with E-state index in [1.807, 2.05) is 0 Å². The Bertz CT molecular complexity index is 887. The summed E-state index contributed by atoms with van der Waals surface area (Å²) in [5.41, 5.74) is -0.686. The summed E-state index contributed by atoms with van der Waals surface area (Å²) in [4.78, 5) is 34.1. The van der Waals surface area contributed by atoms with Gasteiger partial charge in [-0.1, -0.05) is 0 Å². The molecule has 0 unspecified atom stereocenters. The molecule has 2 N–H and O–H groups in total. The predicted molar refractivity (Wildman–Crippen MR) is 92.4 cm³/mol. The van der Waals surface area contributed by atoms with Gasteiger partial charge in [0.25, 0.3) is 11.6 Å². The molecule has 0 aliphatic carbocycles. The molecule has 0 saturated carbocycles. The van der Waals surface area contributed by atoms with Crippen molar-refractivity contribution < 1.29 is 33.5 Å². The number of carboxylic acids is 1. The number of benzene rings is 1. The summed E-state index contributed by atoms with van der Waals surface area (Å²) in [5, 5.41) is 22.8. The first-order chi connectivity index (χ1) is 12.8. The molecule has 144 valence electrons. The largest absolute Gasteiger partial charge is 0.493 e. The highest BCUT2D eigenvalue weighted by molar-refractivity contribution is 5.99. The number of nitro benzene ring substituents is 1. The van der Waals surface area contributed by atoms with E-state index in [4.69, 9.17) is 19.0 Å². The van der Waals surface area contributed by atoms with Gasteiger partial charge in [-0.25, -0.2) is 4.79 Å². The van der Waals surface area contributed by atoms with Gasteiger partial charge in [-0.3, -0.25) is 14.9 Å². The van der Waals surface area contributed by atoms with E-state index in [9.17, 15) is 19.7 Å². The van der Waals surface area contributed by atoms with E-state index in [2.05, 4.69) is 5.32 Å². The van der Waals surface area contributed by atoms with Crippen molar-refractivity contribution >= 4 is 17.6 Å². The van der Waals surface area contributed by atoms with E-state index < -0.39 is 22.5 Å². The Kier molecular flexibility index (Phi) is 6.01. The van der Waals surface area contributed by atoms with Crippen molar-refractivity contribution in [3.8, 4) is 11.5 Å². The second-order valence-corrected chi connectivity index (χ2v) is 5.38. The van der Waals surface area contributed by atoms with E-state index >= 15 is 0 Å². The number of nitro groups is 1. The number of carbonyl (C=O) groups excluding carboxylic acids is 1. The molecule has 0 bridgehead atoms. The monoisotopic (exact) mass is 378 g/mol. The summed E-state index contributed by atoms with van der Waals surface area (Å²) in [6, 6.07) is 3.62. The molecule has 1 aromatic carbocycles. The Morgan fingerprint density at radius 2 is 1.96 bits per heavy atom. The number of nitrogens with zero attached hydrogens (tertiary/aromatic N) is 1. The molecule has 10 nitrogen and oxygen atoms in total. The highest BCUT2D eigenvalue weighted by Crippen LogP contribution is 2.34. The number of hydrogen-bond acceptors (Lipinski definition) is 7. The molecule has 2 aromatic rings. The van der Waals surface area contributed by atoms with E-state index in [0.29, 0.717) is 0 Å². The van der Waals surface area contributed by atoms with Gasteiger partial charge in [0.15, 0.2) is 11.5 Å². The van der Waals surface area contributed by atoms with Gasteiger partial charge < -0.3 is 24.3 Å². The number of methoxy groups -OCH3 is 1. The van der Waals surface area contributed by atoms with Crippen molar-refractivity contribution in [2.75, 3.05) is 13.7 Å². The Hall–Kier alpha value is -3.56. The van der Waals surface area contributed by atoms with E-state index in [0.717, 1.165) is 6.07 Å². The third-order valence-corrected chi connectivity index (χ3v) is 3.65. The van der Waals surface area contributed by atoms with Crippen molar-refractivity contribution in [1.29, 1.82) is 0 Å². The van der Waals surface area contributed by atoms with Gasteiger partial charge in [-0.2, -0.15) is 0 Å². The minimum absolute atomic E-state index is 0.0204. The third kappa shape index (κ3) is 4.35. The number of carboxylic acid groups (broad SMARTS) is 1. The zero-order chi connectivity index (χ0) is 20.1. The summed E-state index contributed by atoms with van der Waals surface area (Å²) in [7, 11) is 1.35. The minimum atomic E-state index is -1.15. The molecule has 0 aliphatic heterocycles. The lowest BCUT2D eigenvalue weighted by molar-refractivity contribution is -0.385. The summed E-state index contributed by atoms with van der Waals surface area (Å²) in [6.45, 7) is 3.32. The van der Waals surface area contributed by atoms with Crippen LogP contribution in [0, 0.1) is 17.0 Å². The van der Waals surface area contributed by atoms with Crippen LogP contribution in [0.15, 0.2) is 22.6 Å². The maximum Gasteiger partial charge on any atom is 0.339 e. The van der Waals surface area contributed by atoms with Crippen LogP contribution >= 0.6 is 0 Å². The van der Waals surface area contributed by atoms with Crippen molar-refractivity contribution in [2.45, 2.75) is 20.4 Å². The van der Waals surface area contributed by atoms with Crippen molar-refractivity contribution in [3.63, 3.8) is 0 Å². The fourth-order valence-corrected chi connectivity index (χ4v) is 2.42. The lowest BCUT2D eigenvalue weighted by atomic mass is 10.1. The number of furan rings is 1. The second-order valence-electron chi connectivity index (χ2n) is 5.38. The SMILES string of the molecule is CCOc1cc([N+](=O)[O-])c(C(=O)NCc2cc(C(=O)O)c(C)o2)cc1OC. The predicted octanol–water partition coefficient (Wildman–Crippen LogP) is 2.53. The third-order valence-electron chi connectivity index (χ3n) is 3.65. The summed E-state index contributed by atoms with van der Waals surface area (Å²) in [5.74, 6) is -1.17. The van der Waals surface area contributed by atoms with Gasteiger partial charge in [0.05, 0.1) is 31.3 Å². The van der Waals surface area contributed by atoms with Gasteiger partial charge in [0, 0.05) is 6.07 Å². The van der Waals surface area contributed by atoms with Gasteiger partial charge in [-0.05, 0) is 19.9 Å². The number of carbonyl (C=O) groups is 2. The second kappa shape index (κ2) is 8.21. The van der Waals surface area contributed by atoms with E-state index in [1.54, 1.807) is 6.92 Å². The molecule has 0 aliphatic rings. The summed E-state index contributed by atoms with van der Waals surface area (Å²) >= 11 is 0. The molecule has 2 rings (SSSR count). The van der Waals surface area contributed by atoms with Gasteiger partial charge in [-0.15, -0.1) is 0 Å². The average Bonchev–Trinajstić information content (AvgIpc) is 3.00. The number of amides is 1. The topological polar surface area (TPSA) is 141 Å².